The first kappa shape index (κ1) is 22.3. The van der Waals surface area contributed by atoms with Crippen LogP contribution in [0.4, 0.5) is 5.69 Å². The number of nitrogens with one attached hydrogen (secondary N) is 2. The topological polar surface area (TPSA) is 98.3 Å². The van der Waals surface area contributed by atoms with Crippen molar-refractivity contribution < 1.29 is 14.7 Å². The molecule has 0 bridgehead atoms. The van der Waals surface area contributed by atoms with Gasteiger partial charge >= 0.3 is 5.97 Å². The highest BCUT2D eigenvalue weighted by molar-refractivity contribution is 5.90. The quantitative estimate of drug-likeness (QED) is 0.558. The van der Waals surface area contributed by atoms with Gasteiger partial charge in [-0.15, -0.1) is 0 Å². The van der Waals surface area contributed by atoms with Crippen LogP contribution in [-0.2, 0) is 29.0 Å². The number of fused-ring (bicyclic) bond motifs is 2. The van der Waals surface area contributed by atoms with Crippen LogP contribution in [0.5, 0.6) is 0 Å². The average Bonchev–Trinajstić information content (AvgIpc) is 3.13. The predicted octanol–water partition coefficient (Wildman–Crippen LogP) is 3.99. The van der Waals surface area contributed by atoms with Gasteiger partial charge in [0.1, 0.15) is 11.9 Å². The van der Waals surface area contributed by atoms with Gasteiger partial charge in [0, 0.05) is 25.7 Å². The molecule has 0 saturated carbocycles. The maximum Gasteiger partial charge on any atom is 0.305 e. The number of carboxylic acid groups (broad SMARTS) is 1. The number of aliphatic carboxylic acids is 1. The molecule has 0 radical (unpaired) electrons. The molecule has 164 valence electrons. The molecule has 1 atom stereocenters. The van der Waals surface area contributed by atoms with E-state index in [-0.39, 0.29) is 12.3 Å². The average molecular weight is 423 g/mol. The summed E-state index contributed by atoms with van der Waals surface area (Å²) in [5.41, 5.74) is 5.08. The predicted molar refractivity (Wildman–Crippen MR) is 122 cm³/mol. The number of benzene rings is 2. The Morgan fingerprint density at radius 2 is 1.97 bits per heavy atom. The van der Waals surface area contributed by atoms with Crippen molar-refractivity contribution >= 4 is 28.6 Å². The van der Waals surface area contributed by atoms with Gasteiger partial charge in [0.05, 0.1) is 17.5 Å². The van der Waals surface area contributed by atoms with Gasteiger partial charge in [0.15, 0.2) is 0 Å². The Hall–Kier alpha value is -3.35. The number of amides is 1. The Balaban J connectivity index is 0.00000132. The molecular formula is C24H30N4O3. The summed E-state index contributed by atoms with van der Waals surface area (Å²) in [6, 6.07) is 13.4. The van der Waals surface area contributed by atoms with Gasteiger partial charge < -0.3 is 20.3 Å². The Bertz CT molecular complexity index is 1030. The number of imidazole rings is 1. The zero-order valence-electron chi connectivity index (χ0n) is 18.3. The Kier molecular flexibility index (Phi) is 7.28. The number of carboxylic acids is 1. The number of rotatable bonds is 6. The molecule has 0 spiro atoms. The van der Waals surface area contributed by atoms with Gasteiger partial charge in [-0.3, -0.25) is 9.59 Å². The van der Waals surface area contributed by atoms with E-state index >= 15 is 0 Å². The van der Waals surface area contributed by atoms with Gasteiger partial charge in [0.2, 0.25) is 5.91 Å². The Labute approximate surface area is 182 Å². The summed E-state index contributed by atoms with van der Waals surface area (Å²) in [6.07, 6.45) is 2.49. The molecule has 1 amide bonds. The van der Waals surface area contributed by atoms with Crippen molar-refractivity contribution in [1.82, 2.24) is 14.9 Å². The maximum absolute atomic E-state index is 12.4. The molecular weight excluding hydrogens is 392 g/mol. The summed E-state index contributed by atoms with van der Waals surface area (Å²) in [7, 11) is 1.71. The van der Waals surface area contributed by atoms with E-state index in [0.717, 1.165) is 47.4 Å². The highest BCUT2D eigenvalue weighted by Crippen LogP contribution is 2.25. The van der Waals surface area contributed by atoms with Crippen molar-refractivity contribution in [3.8, 4) is 0 Å². The number of nitrogens with zero attached hydrogens (tertiary/aromatic N) is 2. The van der Waals surface area contributed by atoms with Gasteiger partial charge in [-0.25, -0.2) is 4.98 Å². The smallest absolute Gasteiger partial charge is 0.305 e. The van der Waals surface area contributed by atoms with Crippen molar-refractivity contribution in [3.63, 3.8) is 0 Å². The zero-order chi connectivity index (χ0) is 22.4. The molecule has 1 aromatic heterocycles. The molecule has 2 heterocycles. The second-order valence-corrected chi connectivity index (χ2v) is 7.53. The normalized spacial score (nSPS) is 15.5. The van der Waals surface area contributed by atoms with Crippen LogP contribution >= 0.6 is 0 Å². The number of hydrogen-bond donors (Lipinski definition) is 3. The number of carbonyl (C=O) groups excluding carboxylic acids is 1. The van der Waals surface area contributed by atoms with Crippen molar-refractivity contribution in [1.29, 1.82) is 0 Å². The van der Waals surface area contributed by atoms with E-state index in [9.17, 15) is 9.59 Å². The molecule has 3 aromatic rings. The molecule has 1 unspecified atom stereocenters. The van der Waals surface area contributed by atoms with E-state index in [4.69, 9.17) is 5.11 Å². The molecule has 4 rings (SSSR count). The fourth-order valence-electron chi connectivity index (χ4n) is 3.82. The largest absolute Gasteiger partial charge is 0.481 e. The molecule has 7 heteroatoms. The second kappa shape index (κ2) is 10.1. The number of hydrogen-bond acceptors (Lipinski definition) is 4. The van der Waals surface area contributed by atoms with Crippen LogP contribution in [-0.4, -0.2) is 44.9 Å². The number of aryl methyl sites for hydroxylation is 2. The summed E-state index contributed by atoms with van der Waals surface area (Å²) >= 11 is 0. The van der Waals surface area contributed by atoms with E-state index < -0.39 is 12.0 Å². The molecule has 1 aliphatic rings. The molecule has 0 aliphatic carbocycles. The first-order chi connectivity index (χ1) is 15.0. The first-order valence-electron chi connectivity index (χ1n) is 10.8. The highest BCUT2D eigenvalue weighted by Gasteiger charge is 2.28. The van der Waals surface area contributed by atoms with Crippen LogP contribution < -0.4 is 5.32 Å². The molecule has 3 N–H and O–H groups in total. The van der Waals surface area contributed by atoms with E-state index in [1.807, 2.05) is 50.2 Å². The minimum atomic E-state index is -0.991. The lowest BCUT2D eigenvalue weighted by atomic mass is 10.0. The summed E-state index contributed by atoms with van der Waals surface area (Å²) < 4.78 is 0. The lowest BCUT2D eigenvalue weighted by molar-refractivity contribution is -0.141. The third-order valence-corrected chi connectivity index (χ3v) is 5.28. The van der Waals surface area contributed by atoms with Gasteiger partial charge in [-0.1, -0.05) is 38.1 Å². The second-order valence-electron chi connectivity index (χ2n) is 7.53. The summed E-state index contributed by atoms with van der Waals surface area (Å²) in [5.74, 6) is -0.200. The van der Waals surface area contributed by atoms with Crippen LogP contribution in [0.1, 0.15) is 43.6 Å². The highest BCUT2D eigenvalue weighted by atomic mass is 16.4. The standard InChI is InChI=1S/C22H24N4O3.C2H6/c1-26-13-15-11-14(9-10-16(15)23-19(22(26)29)12-21(27)28)5-4-8-20-24-17-6-2-3-7-18(17)25-20;1-2/h2-3,6-7,9-11,19,23H,4-5,8,12-13H2,1H3,(H,24,25)(H,27,28);1-2H3. The van der Waals surface area contributed by atoms with E-state index in [1.165, 1.54) is 5.56 Å². The Morgan fingerprint density at radius 3 is 2.71 bits per heavy atom. The van der Waals surface area contributed by atoms with Crippen LogP contribution in [0.15, 0.2) is 42.5 Å². The summed E-state index contributed by atoms with van der Waals surface area (Å²) in [4.78, 5) is 33.1. The van der Waals surface area contributed by atoms with Crippen molar-refractivity contribution in [2.24, 2.45) is 0 Å². The fraction of sp³-hybridized carbons (Fsp3) is 0.375. The number of likely N-dealkylation sites (N-methyl/N-ethyl adjacent to an activating group) is 1. The minimum absolute atomic E-state index is 0.199. The fourth-order valence-corrected chi connectivity index (χ4v) is 3.82. The molecule has 1 aliphatic heterocycles. The van der Waals surface area contributed by atoms with Gasteiger partial charge in [0.25, 0.3) is 0 Å². The summed E-state index contributed by atoms with van der Waals surface area (Å²) in [5, 5.41) is 12.2. The lowest BCUT2D eigenvalue weighted by Crippen LogP contribution is -2.39. The first-order valence-corrected chi connectivity index (χ1v) is 10.8. The van der Waals surface area contributed by atoms with Crippen LogP contribution in [0.25, 0.3) is 11.0 Å². The minimum Gasteiger partial charge on any atom is -0.481 e. The molecule has 0 fully saturated rings. The number of carbonyl (C=O) groups is 2. The van der Waals surface area contributed by atoms with Crippen molar-refractivity contribution in [3.05, 3.63) is 59.4 Å². The number of aromatic amines is 1. The third-order valence-electron chi connectivity index (χ3n) is 5.28. The third kappa shape index (κ3) is 5.42. The zero-order valence-corrected chi connectivity index (χ0v) is 18.3. The van der Waals surface area contributed by atoms with Crippen LogP contribution in [0, 0.1) is 0 Å². The van der Waals surface area contributed by atoms with Crippen molar-refractivity contribution in [2.45, 2.75) is 52.1 Å². The number of anilines is 1. The SMILES string of the molecule is CC.CN1Cc2cc(CCCc3nc4ccccc4[nH]3)ccc2NC(CC(=O)O)C1=O. The molecule has 31 heavy (non-hydrogen) atoms. The summed E-state index contributed by atoms with van der Waals surface area (Å²) in [6.45, 7) is 4.47. The molecule has 0 saturated heterocycles. The van der Waals surface area contributed by atoms with E-state index in [1.54, 1.807) is 11.9 Å². The van der Waals surface area contributed by atoms with Gasteiger partial charge in [-0.2, -0.15) is 0 Å². The molecule has 7 nitrogen and oxygen atoms in total. The molecule has 2 aromatic carbocycles. The van der Waals surface area contributed by atoms with E-state index in [2.05, 4.69) is 21.4 Å². The van der Waals surface area contributed by atoms with Crippen LogP contribution in [0.2, 0.25) is 0 Å². The Morgan fingerprint density at radius 1 is 1.19 bits per heavy atom. The number of aromatic nitrogens is 2. The number of H-pyrrole nitrogens is 1. The lowest BCUT2D eigenvalue weighted by Gasteiger charge is -2.19. The monoisotopic (exact) mass is 422 g/mol. The maximum atomic E-state index is 12.4. The van der Waals surface area contributed by atoms with E-state index in [0.29, 0.717) is 6.54 Å². The van der Waals surface area contributed by atoms with Gasteiger partial charge in [-0.05, 0) is 42.2 Å². The van der Waals surface area contributed by atoms with Crippen molar-refractivity contribution in [2.75, 3.05) is 12.4 Å². The number of para-hydroxylation sites is 2. The van der Waals surface area contributed by atoms with Crippen LogP contribution in [0.3, 0.4) is 0 Å².